The number of aromatic nitrogens is 2. The van der Waals surface area contributed by atoms with Gasteiger partial charge in [-0.2, -0.15) is 10.2 Å². The van der Waals surface area contributed by atoms with Crippen molar-refractivity contribution in [3.63, 3.8) is 0 Å². The van der Waals surface area contributed by atoms with Gasteiger partial charge in [-0.25, -0.2) is 4.68 Å². The molecule has 0 radical (unpaired) electrons. The van der Waals surface area contributed by atoms with Gasteiger partial charge in [-0.3, -0.25) is 4.79 Å². The summed E-state index contributed by atoms with van der Waals surface area (Å²) in [7, 11) is 0. The number of nitrogens with zero attached hydrogens (tertiary/aromatic N) is 4. The van der Waals surface area contributed by atoms with E-state index in [1.165, 1.54) is 0 Å². The topological polar surface area (TPSA) is 91.9 Å². The minimum absolute atomic E-state index is 0.0947. The van der Waals surface area contributed by atoms with Crippen LogP contribution >= 0.6 is 0 Å². The summed E-state index contributed by atoms with van der Waals surface area (Å²) in [4.78, 5) is 11.3. The highest BCUT2D eigenvalue weighted by atomic mass is 16.4. The Labute approximate surface area is 179 Å². The highest BCUT2D eigenvalue weighted by molar-refractivity contribution is 5.78. The highest BCUT2D eigenvalue weighted by Crippen LogP contribution is 2.35. The molecule has 1 aromatic heterocycles. The first-order valence-electron chi connectivity index (χ1n) is 9.80. The fourth-order valence-corrected chi connectivity index (χ4v) is 3.20. The Hall–Kier alpha value is -4.26. The van der Waals surface area contributed by atoms with Crippen molar-refractivity contribution in [3.8, 4) is 5.69 Å². The lowest BCUT2D eigenvalue weighted by Gasteiger charge is -2.13. The number of anilines is 2. The summed E-state index contributed by atoms with van der Waals surface area (Å²) in [5, 5.41) is 26.1. The van der Waals surface area contributed by atoms with Crippen molar-refractivity contribution < 1.29 is 9.90 Å². The van der Waals surface area contributed by atoms with Crippen molar-refractivity contribution in [1.29, 1.82) is 0 Å². The highest BCUT2D eigenvalue weighted by Gasteiger charge is 2.18. The number of carbonyl (C=O) groups is 1. The fraction of sp³-hybridized carbons (Fsp3) is 0.0833. The van der Waals surface area contributed by atoms with Gasteiger partial charge in [-0.15, -0.1) is 5.11 Å². The molecule has 1 heterocycles. The quantitative estimate of drug-likeness (QED) is 0.367. The zero-order valence-corrected chi connectivity index (χ0v) is 16.9. The summed E-state index contributed by atoms with van der Waals surface area (Å²) < 4.78 is 1.76. The van der Waals surface area contributed by atoms with Crippen LogP contribution in [-0.2, 0) is 11.2 Å². The maximum absolute atomic E-state index is 11.3. The van der Waals surface area contributed by atoms with Crippen LogP contribution in [0.25, 0.3) is 5.69 Å². The monoisotopic (exact) mass is 411 g/mol. The number of carboxylic acids is 1. The van der Waals surface area contributed by atoms with Gasteiger partial charge in [0, 0.05) is 5.69 Å². The van der Waals surface area contributed by atoms with Crippen molar-refractivity contribution in [3.05, 3.63) is 96.2 Å². The van der Waals surface area contributed by atoms with E-state index in [-0.39, 0.29) is 6.42 Å². The van der Waals surface area contributed by atoms with Gasteiger partial charge in [0.2, 0.25) is 0 Å². The molecule has 0 atom stereocenters. The zero-order valence-electron chi connectivity index (χ0n) is 16.9. The van der Waals surface area contributed by atoms with Crippen LogP contribution in [0.1, 0.15) is 11.3 Å². The van der Waals surface area contributed by atoms with Gasteiger partial charge in [0.1, 0.15) is 0 Å². The van der Waals surface area contributed by atoms with Gasteiger partial charge in [0.15, 0.2) is 11.5 Å². The van der Waals surface area contributed by atoms with E-state index in [1.807, 2.05) is 85.8 Å². The summed E-state index contributed by atoms with van der Waals surface area (Å²) in [6.45, 7) is 1.87. The van der Waals surface area contributed by atoms with E-state index in [4.69, 9.17) is 0 Å². The standard InChI is InChI=1S/C24H21N5O2/c1-17-23(27-26-19-11-4-2-5-12-19)24(29(28-17)20-13-6-3-7-14-20)25-21-15-9-8-10-18(21)16-22(30)31/h2-15,25H,16H2,1H3,(H,30,31). The number of aryl methyl sites for hydroxylation is 1. The Bertz CT molecular complexity index is 1220. The second-order valence-electron chi connectivity index (χ2n) is 6.92. The lowest BCUT2D eigenvalue weighted by Crippen LogP contribution is -2.06. The molecule has 2 N–H and O–H groups in total. The molecule has 0 aliphatic rings. The third-order valence-corrected chi connectivity index (χ3v) is 4.66. The SMILES string of the molecule is Cc1nn(-c2ccccc2)c(Nc2ccccc2CC(=O)O)c1N=Nc1ccccc1. The van der Waals surface area contributed by atoms with E-state index in [1.54, 1.807) is 10.7 Å². The van der Waals surface area contributed by atoms with Crippen LogP contribution in [0.2, 0.25) is 0 Å². The fourth-order valence-electron chi connectivity index (χ4n) is 3.20. The van der Waals surface area contributed by atoms with Gasteiger partial charge in [0.05, 0.1) is 23.5 Å². The number of aliphatic carboxylic acids is 1. The lowest BCUT2D eigenvalue weighted by molar-refractivity contribution is -0.136. The lowest BCUT2D eigenvalue weighted by atomic mass is 10.1. The number of para-hydroxylation sites is 2. The van der Waals surface area contributed by atoms with Crippen LogP contribution in [0.15, 0.2) is 95.2 Å². The van der Waals surface area contributed by atoms with E-state index < -0.39 is 5.97 Å². The van der Waals surface area contributed by atoms with E-state index in [2.05, 4.69) is 20.6 Å². The molecule has 4 rings (SSSR count). The molecule has 154 valence electrons. The first-order chi connectivity index (χ1) is 15.1. The summed E-state index contributed by atoms with van der Waals surface area (Å²) in [5.74, 6) is -0.285. The molecule has 0 amide bonds. The number of rotatable bonds is 7. The first kappa shape index (κ1) is 20.0. The summed E-state index contributed by atoms with van der Waals surface area (Å²) >= 11 is 0. The van der Waals surface area contributed by atoms with Gasteiger partial charge >= 0.3 is 5.97 Å². The Kier molecular flexibility index (Phi) is 5.84. The molecule has 0 saturated heterocycles. The first-order valence-corrected chi connectivity index (χ1v) is 9.80. The molecule has 0 aliphatic carbocycles. The molecule has 4 aromatic rings. The molecule has 0 fully saturated rings. The van der Waals surface area contributed by atoms with Crippen LogP contribution in [0.4, 0.5) is 22.9 Å². The largest absolute Gasteiger partial charge is 0.481 e. The van der Waals surface area contributed by atoms with Crippen molar-refractivity contribution in [1.82, 2.24) is 9.78 Å². The summed E-state index contributed by atoms with van der Waals surface area (Å²) in [6, 6.07) is 26.4. The van der Waals surface area contributed by atoms with Crippen molar-refractivity contribution in [2.75, 3.05) is 5.32 Å². The Morgan fingerprint density at radius 3 is 2.29 bits per heavy atom. The molecule has 7 nitrogen and oxygen atoms in total. The number of hydrogen-bond donors (Lipinski definition) is 2. The minimum atomic E-state index is -0.897. The van der Waals surface area contributed by atoms with Crippen molar-refractivity contribution >= 4 is 28.8 Å². The van der Waals surface area contributed by atoms with Crippen LogP contribution in [0.3, 0.4) is 0 Å². The second-order valence-corrected chi connectivity index (χ2v) is 6.92. The molecule has 0 saturated carbocycles. The number of nitrogens with one attached hydrogen (secondary N) is 1. The summed E-state index contributed by atoms with van der Waals surface area (Å²) in [5.41, 5.74) is 4.20. The maximum Gasteiger partial charge on any atom is 0.307 e. The van der Waals surface area contributed by atoms with Crippen LogP contribution < -0.4 is 5.32 Å². The van der Waals surface area contributed by atoms with Crippen LogP contribution in [-0.4, -0.2) is 20.9 Å². The van der Waals surface area contributed by atoms with E-state index >= 15 is 0 Å². The van der Waals surface area contributed by atoms with Gasteiger partial charge in [0.25, 0.3) is 0 Å². The molecule has 0 bridgehead atoms. The predicted molar refractivity (Wildman–Crippen MR) is 120 cm³/mol. The zero-order chi connectivity index (χ0) is 21.6. The molecular weight excluding hydrogens is 390 g/mol. The Morgan fingerprint density at radius 1 is 0.935 bits per heavy atom. The van der Waals surface area contributed by atoms with E-state index in [0.29, 0.717) is 28.5 Å². The van der Waals surface area contributed by atoms with Crippen LogP contribution in [0, 0.1) is 6.92 Å². The molecule has 0 unspecified atom stereocenters. The van der Waals surface area contributed by atoms with Crippen molar-refractivity contribution in [2.24, 2.45) is 10.2 Å². The number of carboxylic acid groups (broad SMARTS) is 1. The summed E-state index contributed by atoms with van der Waals surface area (Å²) in [6.07, 6.45) is -0.0947. The molecule has 7 heteroatoms. The average Bonchev–Trinajstić information content (AvgIpc) is 3.09. The predicted octanol–water partition coefficient (Wildman–Crippen LogP) is 5.97. The molecule has 0 spiro atoms. The number of hydrogen-bond acceptors (Lipinski definition) is 5. The van der Waals surface area contributed by atoms with Crippen molar-refractivity contribution in [2.45, 2.75) is 13.3 Å². The maximum atomic E-state index is 11.3. The Morgan fingerprint density at radius 2 is 1.58 bits per heavy atom. The van der Waals surface area contributed by atoms with E-state index in [0.717, 1.165) is 11.4 Å². The third kappa shape index (κ3) is 4.67. The molecular formula is C24H21N5O2. The van der Waals surface area contributed by atoms with E-state index in [9.17, 15) is 9.90 Å². The second kappa shape index (κ2) is 9.04. The average molecular weight is 411 g/mol. The Balaban J connectivity index is 1.81. The normalized spacial score (nSPS) is 11.0. The van der Waals surface area contributed by atoms with Gasteiger partial charge in [-0.05, 0) is 42.8 Å². The molecule has 31 heavy (non-hydrogen) atoms. The van der Waals surface area contributed by atoms with Gasteiger partial charge in [-0.1, -0.05) is 54.6 Å². The smallest absolute Gasteiger partial charge is 0.307 e. The molecule has 0 aliphatic heterocycles. The minimum Gasteiger partial charge on any atom is -0.481 e. The third-order valence-electron chi connectivity index (χ3n) is 4.66. The van der Waals surface area contributed by atoms with Crippen LogP contribution in [0.5, 0.6) is 0 Å². The molecule has 3 aromatic carbocycles. The number of benzene rings is 3. The van der Waals surface area contributed by atoms with Gasteiger partial charge < -0.3 is 10.4 Å². The number of azo groups is 1.